The van der Waals surface area contributed by atoms with E-state index in [-0.39, 0.29) is 30.3 Å². The number of nitrogens with zero attached hydrogens (tertiary/aromatic N) is 4. The summed E-state index contributed by atoms with van der Waals surface area (Å²) in [7, 11) is 3.19. The van der Waals surface area contributed by atoms with Crippen LogP contribution in [-0.4, -0.2) is 70.7 Å². The summed E-state index contributed by atoms with van der Waals surface area (Å²) in [5.74, 6) is -0.295. The summed E-state index contributed by atoms with van der Waals surface area (Å²) >= 11 is 0. The first-order valence-corrected chi connectivity index (χ1v) is 12.2. The molecule has 0 saturated carbocycles. The van der Waals surface area contributed by atoms with E-state index in [4.69, 9.17) is 4.74 Å². The van der Waals surface area contributed by atoms with E-state index in [9.17, 15) is 14.4 Å². The summed E-state index contributed by atoms with van der Waals surface area (Å²) < 4.78 is 6.42. The third-order valence-corrected chi connectivity index (χ3v) is 6.94. The van der Waals surface area contributed by atoms with Crippen LogP contribution in [0.15, 0.2) is 73.1 Å². The zero-order chi connectivity index (χ0) is 25.5. The van der Waals surface area contributed by atoms with Gasteiger partial charge in [0.2, 0.25) is 5.91 Å². The van der Waals surface area contributed by atoms with Crippen LogP contribution in [0.2, 0.25) is 0 Å². The lowest BCUT2D eigenvalue weighted by atomic mass is 9.84. The van der Waals surface area contributed by atoms with Crippen molar-refractivity contribution in [3.05, 3.63) is 89.7 Å². The predicted octanol–water partition coefficient (Wildman–Crippen LogP) is 3.29. The minimum atomic E-state index is -0.463. The Kier molecular flexibility index (Phi) is 8.15. The Morgan fingerprint density at radius 2 is 1.75 bits per heavy atom. The maximum absolute atomic E-state index is 13.1. The van der Waals surface area contributed by atoms with Crippen LogP contribution in [0.3, 0.4) is 0 Å². The highest BCUT2D eigenvalue weighted by molar-refractivity contribution is 5.98. The molecule has 2 heterocycles. The maximum Gasteiger partial charge on any atom is 0.337 e. The Balaban J connectivity index is 1.45. The standard InChI is InChI=1S/C28H32N4O4/c1-30(26(33)20-32-15-7-14-29-32)25(18-21-8-4-3-5-9-21)22-12-16-31(17-13-22)27(34)23-10-6-11-24(19-23)28(35)36-2/h3-11,14-15,19,22,25H,12-13,16-18,20H2,1-2H3/t25-/m1/s1. The molecule has 0 spiro atoms. The van der Waals surface area contributed by atoms with Crippen LogP contribution in [0.25, 0.3) is 0 Å². The zero-order valence-electron chi connectivity index (χ0n) is 20.7. The van der Waals surface area contributed by atoms with Gasteiger partial charge in [0.25, 0.3) is 5.91 Å². The van der Waals surface area contributed by atoms with E-state index in [1.54, 1.807) is 41.3 Å². The number of likely N-dealkylation sites (N-methyl/N-ethyl adjacent to an activating group) is 1. The average molecular weight is 489 g/mol. The summed E-state index contributed by atoms with van der Waals surface area (Å²) in [6.45, 7) is 1.39. The molecule has 8 nitrogen and oxygen atoms in total. The van der Waals surface area contributed by atoms with E-state index in [2.05, 4.69) is 17.2 Å². The first-order chi connectivity index (χ1) is 17.5. The lowest BCUT2D eigenvalue weighted by Crippen LogP contribution is -2.49. The molecular formula is C28H32N4O4. The van der Waals surface area contributed by atoms with E-state index in [1.807, 2.05) is 41.1 Å². The van der Waals surface area contributed by atoms with Crippen LogP contribution in [0.5, 0.6) is 0 Å². The number of rotatable bonds is 8. The van der Waals surface area contributed by atoms with Crippen LogP contribution in [0.4, 0.5) is 0 Å². The molecule has 3 aromatic rings. The van der Waals surface area contributed by atoms with Gasteiger partial charge in [-0.1, -0.05) is 36.4 Å². The molecule has 2 amide bonds. The number of piperidine rings is 1. The molecule has 4 rings (SSSR count). The molecule has 1 aromatic heterocycles. The second-order valence-electron chi connectivity index (χ2n) is 9.17. The summed E-state index contributed by atoms with van der Waals surface area (Å²) in [5, 5.41) is 4.17. The Bertz CT molecular complexity index is 1170. The van der Waals surface area contributed by atoms with Gasteiger partial charge < -0.3 is 14.5 Å². The van der Waals surface area contributed by atoms with Crippen molar-refractivity contribution >= 4 is 17.8 Å². The number of carbonyl (C=O) groups is 3. The van der Waals surface area contributed by atoms with Gasteiger partial charge in [0.05, 0.1) is 12.7 Å². The fourth-order valence-electron chi connectivity index (χ4n) is 4.87. The second kappa shape index (κ2) is 11.7. The molecule has 1 fully saturated rings. The summed E-state index contributed by atoms with van der Waals surface area (Å²) in [4.78, 5) is 41.8. The number of methoxy groups -OCH3 is 1. The quantitative estimate of drug-likeness (QED) is 0.455. The van der Waals surface area contributed by atoms with Crippen molar-refractivity contribution in [2.75, 3.05) is 27.2 Å². The first-order valence-electron chi connectivity index (χ1n) is 12.2. The van der Waals surface area contributed by atoms with Crippen molar-refractivity contribution in [2.45, 2.75) is 31.8 Å². The van der Waals surface area contributed by atoms with Crippen molar-refractivity contribution in [1.82, 2.24) is 19.6 Å². The second-order valence-corrected chi connectivity index (χ2v) is 9.17. The van der Waals surface area contributed by atoms with E-state index in [0.29, 0.717) is 24.2 Å². The van der Waals surface area contributed by atoms with Gasteiger partial charge in [-0.2, -0.15) is 5.10 Å². The van der Waals surface area contributed by atoms with Crippen molar-refractivity contribution in [2.24, 2.45) is 5.92 Å². The number of hydrogen-bond donors (Lipinski definition) is 0. The Labute approximate surface area is 211 Å². The first kappa shape index (κ1) is 25.2. The molecule has 2 aromatic carbocycles. The van der Waals surface area contributed by atoms with Gasteiger partial charge >= 0.3 is 5.97 Å². The van der Waals surface area contributed by atoms with E-state index < -0.39 is 5.97 Å². The number of amides is 2. The van der Waals surface area contributed by atoms with Crippen LogP contribution in [0, 0.1) is 5.92 Å². The molecule has 1 atom stereocenters. The molecule has 36 heavy (non-hydrogen) atoms. The van der Waals surface area contributed by atoms with Crippen LogP contribution >= 0.6 is 0 Å². The SMILES string of the molecule is COC(=O)c1cccc(C(=O)N2CCC([C@@H](Cc3ccccc3)N(C)C(=O)Cn3cccn3)CC2)c1. The lowest BCUT2D eigenvalue weighted by Gasteiger charge is -2.40. The highest BCUT2D eigenvalue weighted by atomic mass is 16.5. The van der Waals surface area contributed by atoms with Gasteiger partial charge in [-0.15, -0.1) is 0 Å². The molecule has 1 aliphatic rings. The van der Waals surface area contributed by atoms with Crippen molar-refractivity contribution < 1.29 is 19.1 Å². The van der Waals surface area contributed by atoms with Crippen molar-refractivity contribution in [1.29, 1.82) is 0 Å². The smallest absolute Gasteiger partial charge is 0.337 e. The molecular weight excluding hydrogens is 456 g/mol. The van der Waals surface area contributed by atoms with Gasteiger partial charge in [0.1, 0.15) is 6.54 Å². The molecule has 0 aliphatic carbocycles. The molecule has 0 N–H and O–H groups in total. The number of hydrogen-bond acceptors (Lipinski definition) is 5. The fourth-order valence-corrected chi connectivity index (χ4v) is 4.87. The monoisotopic (exact) mass is 488 g/mol. The minimum Gasteiger partial charge on any atom is -0.465 e. The molecule has 8 heteroatoms. The topological polar surface area (TPSA) is 84.7 Å². The highest BCUT2D eigenvalue weighted by Crippen LogP contribution is 2.27. The predicted molar refractivity (Wildman–Crippen MR) is 135 cm³/mol. The number of esters is 1. The fraction of sp³-hybridized carbons (Fsp3) is 0.357. The maximum atomic E-state index is 13.1. The molecule has 0 radical (unpaired) electrons. The highest BCUT2D eigenvalue weighted by Gasteiger charge is 2.33. The lowest BCUT2D eigenvalue weighted by molar-refractivity contribution is -0.134. The number of likely N-dealkylation sites (tertiary alicyclic amines) is 1. The number of ether oxygens (including phenoxy) is 1. The molecule has 1 aliphatic heterocycles. The summed E-state index contributed by atoms with van der Waals surface area (Å²) in [6, 6.07) is 18.7. The zero-order valence-corrected chi connectivity index (χ0v) is 20.7. The van der Waals surface area contributed by atoms with Gasteiger partial charge in [0, 0.05) is 44.1 Å². The number of carbonyl (C=O) groups excluding carboxylic acids is 3. The average Bonchev–Trinajstić information content (AvgIpc) is 3.44. The Morgan fingerprint density at radius 1 is 1.03 bits per heavy atom. The third kappa shape index (κ3) is 6.00. The summed E-state index contributed by atoms with van der Waals surface area (Å²) in [5.41, 5.74) is 2.02. The van der Waals surface area contributed by atoms with Crippen LogP contribution in [-0.2, 0) is 22.5 Å². The van der Waals surface area contributed by atoms with Crippen molar-refractivity contribution in [3.8, 4) is 0 Å². The van der Waals surface area contributed by atoms with Gasteiger partial charge in [-0.3, -0.25) is 14.3 Å². The Morgan fingerprint density at radius 3 is 2.42 bits per heavy atom. The molecule has 188 valence electrons. The van der Waals surface area contributed by atoms with E-state index in [0.717, 1.165) is 19.3 Å². The molecule has 0 bridgehead atoms. The Hall–Kier alpha value is -3.94. The minimum absolute atomic E-state index is 0.00960. The van der Waals surface area contributed by atoms with E-state index in [1.165, 1.54) is 12.7 Å². The normalized spacial score (nSPS) is 14.8. The number of benzene rings is 2. The summed E-state index contributed by atoms with van der Waals surface area (Å²) in [6.07, 6.45) is 5.79. The largest absolute Gasteiger partial charge is 0.465 e. The van der Waals surface area contributed by atoms with Crippen LogP contribution < -0.4 is 0 Å². The van der Waals surface area contributed by atoms with E-state index >= 15 is 0 Å². The molecule has 0 unspecified atom stereocenters. The van der Waals surface area contributed by atoms with Crippen molar-refractivity contribution in [3.63, 3.8) is 0 Å². The van der Waals surface area contributed by atoms with Gasteiger partial charge in [-0.25, -0.2) is 4.79 Å². The third-order valence-electron chi connectivity index (χ3n) is 6.94. The van der Waals surface area contributed by atoms with Crippen LogP contribution in [0.1, 0.15) is 39.1 Å². The van der Waals surface area contributed by atoms with Gasteiger partial charge in [0.15, 0.2) is 0 Å². The van der Waals surface area contributed by atoms with Gasteiger partial charge in [-0.05, 0) is 55.0 Å². The molecule has 1 saturated heterocycles. The number of aromatic nitrogens is 2.